The molecule has 0 aliphatic heterocycles. The van der Waals surface area contributed by atoms with E-state index < -0.39 is 26.5 Å². The van der Waals surface area contributed by atoms with Crippen LogP contribution in [0.25, 0.3) is 0 Å². The summed E-state index contributed by atoms with van der Waals surface area (Å²) in [6, 6.07) is 9.29. The quantitative estimate of drug-likeness (QED) is 0.587. The van der Waals surface area contributed by atoms with Crippen molar-refractivity contribution >= 4 is 15.7 Å². The molecule has 0 N–H and O–H groups in total. The number of hydrogen-bond donors (Lipinski definition) is 0. The van der Waals surface area contributed by atoms with Crippen LogP contribution in [0.1, 0.15) is 5.56 Å². The second kappa shape index (κ2) is 6.93. The molecule has 0 unspecified atom stereocenters. The molecule has 0 saturated carbocycles. The van der Waals surface area contributed by atoms with Crippen molar-refractivity contribution < 1.29 is 22.5 Å². The largest absolute Gasteiger partial charge is 0.497 e. The molecule has 0 heterocycles. The van der Waals surface area contributed by atoms with Gasteiger partial charge in [0.05, 0.1) is 16.9 Å². The predicted molar refractivity (Wildman–Crippen MR) is 84.7 cm³/mol. The molecule has 0 aromatic heterocycles. The fraction of sp³-hybridized carbons (Fsp3) is 0.200. The van der Waals surface area contributed by atoms with Crippen LogP contribution in [0.4, 0.5) is 10.1 Å². The van der Waals surface area contributed by atoms with Crippen LogP contribution in [0, 0.1) is 15.9 Å². The van der Waals surface area contributed by atoms with E-state index in [1.54, 1.807) is 24.3 Å². The van der Waals surface area contributed by atoms with Crippen LogP contribution in [0.2, 0.25) is 0 Å². The lowest BCUT2D eigenvalue weighted by atomic mass is 10.2. The first-order chi connectivity index (χ1) is 11.3. The van der Waals surface area contributed by atoms with E-state index in [0.29, 0.717) is 11.3 Å². The van der Waals surface area contributed by atoms with E-state index in [9.17, 15) is 22.9 Å². The van der Waals surface area contributed by atoms with Gasteiger partial charge in [0, 0.05) is 19.7 Å². The number of rotatable bonds is 6. The summed E-state index contributed by atoms with van der Waals surface area (Å²) in [4.78, 5) is 9.47. The van der Waals surface area contributed by atoms with Gasteiger partial charge in [0.25, 0.3) is 0 Å². The molecule has 2 aromatic rings. The highest BCUT2D eigenvalue weighted by Crippen LogP contribution is 2.24. The van der Waals surface area contributed by atoms with E-state index >= 15 is 0 Å². The third-order valence-corrected chi connectivity index (χ3v) is 5.19. The van der Waals surface area contributed by atoms with Gasteiger partial charge in [0.2, 0.25) is 15.8 Å². The van der Waals surface area contributed by atoms with Crippen molar-refractivity contribution in [3.05, 3.63) is 64.0 Å². The third kappa shape index (κ3) is 3.69. The van der Waals surface area contributed by atoms with Crippen molar-refractivity contribution in [2.75, 3.05) is 14.2 Å². The number of nitrogens with zero attached hydrogens (tertiary/aromatic N) is 2. The molecule has 0 atom stereocenters. The smallest absolute Gasteiger partial charge is 0.306 e. The summed E-state index contributed by atoms with van der Waals surface area (Å²) in [6.07, 6.45) is 0. The molecule has 2 aromatic carbocycles. The number of methoxy groups -OCH3 is 1. The lowest BCUT2D eigenvalue weighted by molar-refractivity contribution is -0.387. The Morgan fingerprint density at radius 1 is 1.21 bits per heavy atom. The molecular weight excluding hydrogens is 339 g/mol. The summed E-state index contributed by atoms with van der Waals surface area (Å²) < 4.78 is 44.4. The minimum Gasteiger partial charge on any atom is -0.497 e. The van der Waals surface area contributed by atoms with E-state index in [1.165, 1.54) is 14.2 Å². The summed E-state index contributed by atoms with van der Waals surface area (Å²) in [7, 11) is -1.13. The summed E-state index contributed by atoms with van der Waals surface area (Å²) in [5, 5.41) is 10.8. The van der Waals surface area contributed by atoms with E-state index in [4.69, 9.17) is 4.74 Å². The molecule has 24 heavy (non-hydrogen) atoms. The molecule has 2 rings (SSSR count). The molecular formula is C15H15FN2O5S. The number of ether oxygens (including phenoxy) is 1. The summed E-state index contributed by atoms with van der Waals surface area (Å²) in [6.45, 7) is 0.0531. The van der Waals surface area contributed by atoms with Crippen LogP contribution in [0.3, 0.4) is 0 Å². The van der Waals surface area contributed by atoms with E-state index in [0.717, 1.165) is 22.5 Å². The highest BCUT2D eigenvalue weighted by molar-refractivity contribution is 7.89. The van der Waals surface area contributed by atoms with Gasteiger partial charge in [0.15, 0.2) is 0 Å². The second-order valence-corrected chi connectivity index (χ2v) is 7.02. The van der Waals surface area contributed by atoms with E-state index in [-0.39, 0.29) is 11.4 Å². The molecule has 0 radical (unpaired) electrons. The summed E-state index contributed by atoms with van der Waals surface area (Å²) in [5.41, 5.74) is -0.174. The van der Waals surface area contributed by atoms with Crippen LogP contribution in [-0.4, -0.2) is 31.8 Å². The zero-order chi connectivity index (χ0) is 17.9. The first-order valence-corrected chi connectivity index (χ1v) is 8.23. The Morgan fingerprint density at radius 3 is 2.38 bits per heavy atom. The number of benzene rings is 2. The van der Waals surface area contributed by atoms with Crippen molar-refractivity contribution in [2.45, 2.75) is 11.4 Å². The first kappa shape index (κ1) is 17.8. The maximum Gasteiger partial charge on any atom is 0.306 e. The van der Waals surface area contributed by atoms with Gasteiger partial charge in [-0.25, -0.2) is 8.42 Å². The summed E-state index contributed by atoms with van der Waals surface area (Å²) >= 11 is 0. The minimum atomic E-state index is -3.99. The van der Waals surface area contributed by atoms with Crippen LogP contribution >= 0.6 is 0 Å². The Bertz CT molecular complexity index is 853. The Kier molecular flexibility index (Phi) is 5.15. The van der Waals surface area contributed by atoms with Crippen molar-refractivity contribution in [1.29, 1.82) is 0 Å². The van der Waals surface area contributed by atoms with Crippen LogP contribution < -0.4 is 4.74 Å². The highest BCUT2D eigenvalue weighted by atomic mass is 32.2. The molecule has 0 aliphatic rings. The molecule has 0 amide bonds. The van der Waals surface area contributed by atoms with Crippen molar-refractivity contribution in [3.8, 4) is 5.75 Å². The maximum absolute atomic E-state index is 13.4. The summed E-state index contributed by atoms with van der Waals surface area (Å²) in [5.74, 6) is -0.449. The zero-order valence-corrected chi connectivity index (χ0v) is 13.8. The number of nitro groups is 1. The van der Waals surface area contributed by atoms with Crippen LogP contribution in [-0.2, 0) is 16.6 Å². The zero-order valence-electron chi connectivity index (χ0n) is 13.0. The Balaban J connectivity index is 2.28. The number of sulfonamides is 1. The van der Waals surface area contributed by atoms with Crippen molar-refractivity contribution in [1.82, 2.24) is 4.31 Å². The number of hydrogen-bond acceptors (Lipinski definition) is 5. The lowest BCUT2D eigenvalue weighted by Crippen LogP contribution is -2.26. The standard InChI is InChI=1S/C15H15FN2O5S/c1-17(10-11-3-5-12(23-2)6-4-11)24(21,22)13-7-8-14(16)15(9-13)18(19)20/h3-9H,10H2,1-2H3. The van der Waals surface area contributed by atoms with Gasteiger partial charge in [-0.15, -0.1) is 0 Å². The fourth-order valence-electron chi connectivity index (χ4n) is 2.05. The highest BCUT2D eigenvalue weighted by Gasteiger charge is 2.25. The Labute approximate surface area is 138 Å². The molecule has 0 bridgehead atoms. The second-order valence-electron chi connectivity index (χ2n) is 4.98. The molecule has 0 fully saturated rings. The average molecular weight is 354 g/mol. The third-order valence-electron chi connectivity index (χ3n) is 3.39. The van der Waals surface area contributed by atoms with Gasteiger partial charge < -0.3 is 4.74 Å². The Hall–Kier alpha value is -2.52. The monoisotopic (exact) mass is 354 g/mol. The first-order valence-electron chi connectivity index (χ1n) is 6.79. The minimum absolute atomic E-state index is 0.0531. The van der Waals surface area contributed by atoms with Crippen molar-refractivity contribution in [3.63, 3.8) is 0 Å². The van der Waals surface area contributed by atoms with Gasteiger partial charge in [-0.2, -0.15) is 8.70 Å². The van der Waals surface area contributed by atoms with Gasteiger partial charge >= 0.3 is 5.69 Å². The van der Waals surface area contributed by atoms with Gasteiger partial charge in [-0.1, -0.05) is 12.1 Å². The molecule has 0 saturated heterocycles. The lowest BCUT2D eigenvalue weighted by Gasteiger charge is -2.17. The van der Waals surface area contributed by atoms with Crippen LogP contribution in [0.5, 0.6) is 5.75 Å². The average Bonchev–Trinajstić information content (AvgIpc) is 2.55. The molecule has 7 nitrogen and oxygen atoms in total. The fourth-order valence-corrected chi connectivity index (χ4v) is 3.23. The van der Waals surface area contributed by atoms with Crippen LogP contribution in [0.15, 0.2) is 47.4 Å². The molecule has 0 spiro atoms. The molecule has 9 heteroatoms. The van der Waals surface area contributed by atoms with Crippen molar-refractivity contribution in [2.24, 2.45) is 0 Å². The number of nitro benzene ring substituents is 1. The maximum atomic E-state index is 13.4. The predicted octanol–water partition coefficient (Wildman–Crippen LogP) is 2.56. The van der Waals surface area contributed by atoms with Gasteiger partial charge in [0.1, 0.15) is 5.75 Å². The van der Waals surface area contributed by atoms with E-state index in [2.05, 4.69) is 0 Å². The normalized spacial score (nSPS) is 11.5. The number of halogens is 1. The Morgan fingerprint density at radius 2 is 1.83 bits per heavy atom. The molecule has 128 valence electrons. The molecule has 0 aliphatic carbocycles. The van der Waals surface area contributed by atoms with Gasteiger partial charge in [-0.3, -0.25) is 10.1 Å². The van der Waals surface area contributed by atoms with Gasteiger partial charge in [-0.05, 0) is 29.8 Å². The SMILES string of the molecule is COc1ccc(CN(C)S(=O)(=O)c2ccc(F)c([N+](=O)[O-])c2)cc1. The topological polar surface area (TPSA) is 89.8 Å². The van der Waals surface area contributed by atoms with E-state index in [1.807, 2.05) is 0 Å².